The van der Waals surface area contributed by atoms with Gasteiger partial charge in [0.1, 0.15) is 11.5 Å². The third-order valence-corrected chi connectivity index (χ3v) is 7.45. The molecule has 1 atom stereocenters. The van der Waals surface area contributed by atoms with Gasteiger partial charge in [-0.05, 0) is 74.1 Å². The third kappa shape index (κ3) is 4.23. The van der Waals surface area contributed by atoms with Gasteiger partial charge in [-0.25, -0.2) is 9.97 Å². The predicted molar refractivity (Wildman–Crippen MR) is 138 cm³/mol. The number of piperidine rings is 1. The Labute approximate surface area is 209 Å². The minimum atomic E-state index is 0.0260. The van der Waals surface area contributed by atoms with Crippen LogP contribution in [0.15, 0.2) is 48.7 Å². The molecule has 2 aliphatic rings. The number of nitrogens with two attached hydrogens (primary N) is 1. The Morgan fingerprint density at radius 1 is 1.11 bits per heavy atom. The van der Waals surface area contributed by atoms with Gasteiger partial charge in [0.25, 0.3) is 5.91 Å². The number of hydrogen-bond acceptors (Lipinski definition) is 4. The summed E-state index contributed by atoms with van der Waals surface area (Å²) in [6, 6.07) is 13.7. The average Bonchev–Trinajstić information content (AvgIpc) is 3.50. The van der Waals surface area contributed by atoms with Gasteiger partial charge in [0, 0.05) is 48.9 Å². The molecule has 2 aromatic carbocycles. The summed E-state index contributed by atoms with van der Waals surface area (Å²) >= 11 is 6.12. The SMILES string of the molecule is Cn1c(-c2cnc(-c3ccc(Cl)cc3)n2CC2CC2)nc2cc(C(=O)N3CCC[C@@H](N)C3)ccc21. The van der Waals surface area contributed by atoms with Gasteiger partial charge < -0.3 is 19.8 Å². The van der Waals surface area contributed by atoms with Crippen LogP contribution in [0.1, 0.15) is 36.0 Å². The topological polar surface area (TPSA) is 82.0 Å². The van der Waals surface area contributed by atoms with E-state index >= 15 is 0 Å². The van der Waals surface area contributed by atoms with Gasteiger partial charge in [-0.15, -0.1) is 0 Å². The lowest BCUT2D eigenvalue weighted by Crippen LogP contribution is -2.45. The Morgan fingerprint density at radius 2 is 1.91 bits per heavy atom. The molecule has 6 rings (SSSR count). The number of likely N-dealkylation sites (tertiary alicyclic amines) is 1. The lowest BCUT2D eigenvalue weighted by Gasteiger charge is -2.30. The van der Waals surface area contributed by atoms with Crippen LogP contribution in [0, 0.1) is 5.92 Å². The number of nitrogens with zero attached hydrogens (tertiary/aromatic N) is 5. The molecule has 0 unspecified atom stereocenters. The molecule has 180 valence electrons. The molecule has 2 fully saturated rings. The second-order valence-corrected chi connectivity index (χ2v) is 10.3. The molecule has 2 N–H and O–H groups in total. The predicted octanol–water partition coefficient (Wildman–Crippen LogP) is 4.73. The number of hydrogen-bond donors (Lipinski definition) is 1. The van der Waals surface area contributed by atoms with Crippen molar-refractivity contribution in [3.8, 4) is 22.9 Å². The molecule has 8 heteroatoms. The maximum Gasteiger partial charge on any atom is 0.253 e. The highest BCUT2D eigenvalue weighted by Crippen LogP contribution is 2.36. The second-order valence-electron chi connectivity index (χ2n) is 9.88. The summed E-state index contributed by atoms with van der Waals surface area (Å²) in [6.45, 7) is 2.28. The number of rotatable bonds is 5. The Hall–Kier alpha value is -3.16. The number of fused-ring (bicyclic) bond motifs is 1. The zero-order valence-corrected chi connectivity index (χ0v) is 20.6. The Morgan fingerprint density at radius 3 is 2.66 bits per heavy atom. The molecule has 4 aromatic rings. The van der Waals surface area contributed by atoms with Crippen molar-refractivity contribution in [1.29, 1.82) is 0 Å². The van der Waals surface area contributed by atoms with Crippen LogP contribution in [0.4, 0.5) is 0 Å². The maximum absolute atomic E-state index is 13.1. The van der Waals surface area contributed by atoms with Crippen LogP contribution in [0.5, 0.6) is 0 Å². The number of amides is 1. The number of imidazole rings is 2. The number of aromatic nitrogens is 4. The van der Waals surface area contributed by atoms with E-state index in [0.29, 0.717) is 23.0 Å². The summed E-state index contributed by atoms with van der Waals surface area (Å²) in [6.07, 6.45) is 6.31. The van der Waals surface area contributed by atoms with Crippen molar-refractivity contribution in [3.63, 3.8) is 0 Å². The molecule has 0 radical (unpaired) electrons. The van der Waals surface area contributed by atoms with E-state index in [9.17, 15) is 4.79 Å². The van der Waals surface area contributed by atoms with Crippen molar-refractivity contribution in [2.75, 3.05) is 13.1 Å². The first-order valence-corrected chi connectivity index (χ1v) is 12.7. The van der Waals surface area contributed by atoms with E-state index in [-0.39, 0.29) is 11.9 Å². The van der Waals surface area contributed by atoms with E-state index in [0.717, 1.165) is 59.9 Å². The zero-order chi connectivity index (χ0) is 24.1. The van der Waals surface area contributed by atoms with Gasteiger partial charge >= 0.3 is 0 Å². The van der Waals surface area contributed by atoms with Crippen LogP contribution in [0.2, 0.25) is 5.02 Å². The quantitative estimate of drug-likeness (QED) is 0.440. The van der Waals surface area contributed by atoms with E-state index in [2.05, 4.69) is 9.13 Å². The van der Waals surface area contributed by atoms with Crippen LogP contribution in [-0.2, 0) is 13.6 Å². The molecule has 1 saturated carbocycles. The summed E-state index contributed by atoms with van der Waals surface area (Å²) in [4.78, 5) is 24.8. The van der Waals surface area contributed by atoms with Crippen molar-refractivity contribution in [2.24, 2.45) is 18.7 Å². The van der Waals surface area contributed by atoms with Crippen LogP contribution >= 0.6 is 11.6 Å². The Kier molecular flexibility index (Phi) is 5.61. The fraction of sp³-hybridized carbons (Fsp3) is 0.370. The van der Waals surface area contributed by atoms with Crippen LogP contribution < -0.4 is 5.73 Å². The molecule has 1 amide bonds. The molecule has 35 heavy (non-hydrogen) atoms. The van der Waals surface area contributed by atoms with Crippen molar-refractivity contribution in [1.82, 2.24) is 24.0 Å². The van der Waals surface area contributed by atoms with E-state index in [1.54, 1.807) is 0 Å². The van der Waals surface area contributed by atoms with E-state index in [4.69, 9.17) is 27.3 Å². The highest BCUT2D eigenvalue weighted by Gasteiger charge is 2.27. The summed E-state index contributed by atoms with van der Waals surface area (Å²) in [5.41, 5.74) is 10.6. The van der Waals surface area contributed by atoms with Gasteiger partial charge in [0.2, 0.25) is 0 Å². The highest BCUT2D eigenvalue weighted by atomic mass is 35.5. The summed E-state index contributed by atoms with van der Waals surface area (Å²) < 4.78 is 4.37. The minimum absolute atomic E-state index is 0.0260. The van der Waals surface area contributed by atoms with Crippen molar-refractivity contribution < 1.29 is 4.79 Å². The first-order chi connectivity index (χ1) is 17.0. The molecule has 3 heterocycles. The largest absolute Gasteiger partial charge is 0.337 e. The molecule has 0 bridgehead atoms. The first-order valence-electron chi connectivity index (χ1n) is 12.3. The Balaban J connectivity index is 1.39. The normalized spacial score (nSPS) is 18.4. The summed E-state index contributed by atoms with van der Waals surface area (Å²) in [5.74, 6) is 2.47. The lowest BCUT2D eigenvalue weighted by molar-refractivity contribution is 0.0709. The van der Waals surface area contributed by atoms with Gasteiger partial charge in [0.05, 0.1) is 17.2 Å². The highest BCUT2D eigenvalue weighted by molar-refractivity contribution is 6.30. The minimum Gasteiger partial charge on any atom is -0.337 e. The van der Waals surface area contributed by atoms with E-state index in [1.165, 1.54) is 12.8 Å². The van der Waals surface area contributed by atoms with Crippen LogP contribution in [-0.4, -0.2) is 49.0 Å². The standard InChI is InChI=1S/C27H29ClN6O/c1-32-23-11-8-19(27(35)33-12-2-3-21(29)16-33)13-22(23)31-26(32)24-14-30-25(34(24)15-17-4-5-17)18-6-9-20(28)10-7-18/h6-11,13-14,17,21H,2-5,12,15-16,29H2,1H3/t21-/m1/s1. The molecule has 1 saturated heterocycles. The molecular weight excluding hydrogens is 460 g/mol. The number of halogens is 1. The van der Waals surface area contributed by atoms with Crippen LogP contribution in [0.3, 0.4) is 0 Å². The summed E-state index contributed by atoms with van der Waals surface area (Å²) in [7, 11) is 2.02. The fourth-order valence-electron chi connectivity index (χ4n) is 5.07. The number of carbonyl (C=O) groups excluding carboxylic acids is 1. The van der Waals surface area contributed by atoms with Crippen LogP contribution in [0.25, 0.3) is 33.9 Å². The van der Waals surface area contributed by atoms with Crippen molar-refractivity contribution in [3.05, 3.63) is 59.2 Å². The van der Waals surface area contributed by atoms with Crippen molar-refractivity contribution in [2.45, 2.75) is 38.3 Å². The first kappa shape index (κ1) is 22.3. The fourth-order valence-corrected chi connectivity index (χ4v) is 5.19. The maximum atomic E-state index is 13.1. The zero-order valence-electron chi connectivity index (χ0n) is 19.8. The van der Waals surface area contributed by atoms with Gasteiger partial charge in [-0.3, -0.25) is 4.79 Å². The number of carbonyl (C=O) groups is 1. The van der Waals surface area contributed by atoms with Gasteiger partial charge in [-0.2, -0.15) is 0 Å². The van der Waals surface area contributed by atoms with E-state index in [1.807, 2.05) is 60.6 Å². The Bertz CT molecular complexity index is 1400. The molecule has 1 aliphatic carbocycles. The average molecular weight is 489 g/mol. The van der Waals surface area contributed by atoms with Crippen molar-refractivity contribution >= 4 is 28.5 Å². The summed E-state index contributed by atoms with van der Waals surface area (Å²) in [5, 5.41) is 0.710. The number of benzene rings is 2. The number of aryl methyl sites for hydroxylation is 1. The third-order valence-electron chi connectivity index (χ3n) is 7.20. The van der Waals surface area contributed by atoms with Gasteiger partial charge in [-0.1, -0.05) is 11.6 Å². The molecule has 1 aliphatic heterocycles. The molecular formula is C27H29ClN6O. The van der Waals surface area contributed by atoms with Gasteiger partial charge in [0.15, 0.2) is 5.82 Å². The molecule has 0 spiro atoms. The molecule has 2 aromatic heterocycles. The lowest BCUT2D eigenvalue weighted by atomic mass is 10.1. The second kappa shape index (κ2) is 8.81. The molecule has 7 nitrogen and oxygen atoms in total. The van der Waals surface area contributed by atoms with E-state index < -0.39 is 0 Å². The smallest absolute Gasteiger partial charge is 0.253 e. The monoisotopic (exact) mass is 488 g/mol.